The summed E-state index contributed by atoms with van der Waals surface area (Å²) in [5, 5.41) is 2.72. The third kappa shape index (κ3) is 7.01. The number of hydrogen-bond acceptors (Lipinski definition) is 5. The van der Waals surface area contributed by atoms with Crippen molar-refractivity contribution in [2.24, 2.45) is 17.6 Å². The van der Waals surface area contributed by atoms with Crippen LogP contribution in [0.4, 0.5) is 4.79 Å². The number of nitrogens with one attached hydrogen (secondary N) is 1. The standard InChI is InChI=1S/C29H41N3O5/c1-19(2)16-23(31-27(35)37-28(3,4)5)26(34)32-18-29(36-6,17-24(32)25(30)33)22-14-12-21(13-15-22)20-10-8-7-9-11-20/h7-14,19,22-24H,15-18H2,1-6H3,(H2,30,33)(H,31,35)/t22?,23-,24-,29-/m0/s1. The zero-order chi connectivity index (χ0) is 27.4. The van der Waals surface area contributed by atoms with Crippen LogP contribution in [-0.4, -0.2) is 59.7 Å². The molecule has 1 saturated heterocycles. The number of allylic oxidation sites excluding steroid dienone is 3. The fourth-order valence-electron chi connectivity index (χ4n) is 5.15. The van der Waals surface area contributed by atoms with Crippen LogP contribution in [0.3, 0.4) is 0 Å². The van der Waals surface area contributed by atoms with Gasteiger partial charge in [-0.15, -0.1) is 0 Å². The second-order valence-electron chi connectivity index (χ2n) is 11.4. The lowest BCUT2D eigenvalue weighted by molar-refractivity contribution is -0.140. The van der Waals surface area contributed by atoms with Crippen LogP contribution in [0.15, 0.2) is 48.6 Å². The molecule has 4 atom stereocenters. The summed E-state index contributed by atoms with van der Waals surface area (Å²) in [7, 11) is 1.61. The minimum atomic E-state index is -0.851. The predicted octanol–water partition coefficient (Wildman–Crippen LogP) is 4.06. The molecule has 0 aromatic heterocycles. The van der Waals surface area contributed by atoms with Crippen LogP contribution in [-0.2, 0) is 19.1 Å². The highest BCUT2D eigenvalue weighted by Gasteiger charge is 2.53. The van der Waals surface area contributed by atoms with Crippen LogP contribution in [0.2, 0.25) is 0 Å². The summed E-state index contributed by atoms with van der Waals surface area (Å²) in [5.74, 6) is -0.878. The number of nitrogens with zero attached hydrogens (tertiary/aromatic N) is 1. The van der Waals surface area contributed by atoms with Crippen molar-refractivity contribution in [3.63, 3.8) is 0 Å². The van der Waals surface area contributed by atoms with Crippen molar-refractivity contribution in [1.29, 1.82) is 0 Å². The Morgan fingerprint density at radius 1 is 1.19 bits per heavy atom. The first kappa shape index (κ1) is 28.4. The van der Waals surface area contributed by atoms with Crippen molar-refractivity contribution in [2.45, 2.75) is 77.2 Å². The Hall–Kier alpha value is -3.13. The molecule has 3 N–H and O–H groups in total. The number of hydrogen-bond donors (Lipinski definition) is 2. The maximum atomic E-state index is 13.8. The Kier molecular flexibility index (Phi) is 8.84. The average Bonchev–Trinajstić information content (AvgIpc) is 3.24. The number of primary amides is 1. The molecule has 0 saturated carbocycles. The van der Waals surface area contributed by atoms with E-state index in [1.54, 1.807) is 27.9 Å². The summed E-state index contributed by atoms with van der Waals surface area (Å²) in [6, 6.07) is 8.43. The van der Waals surface area contributed by atoms with E-state index >= 15 is 0 Å². The molecule has 3 rings (SSSR count). The van der Waals surface area contributed by atoms with E-state index in [4.69, 9.17) is 15.2 Å². The van der Waals surface area contributed by atoms with E-state index in [2.05, 4.69) is 35.7 Å². The van der Waals surface area contributed by atoms with E-state index in [1.807, 2.05) is 32.0 Å². The number of alkyl carbamates (subject to hydrolysis) is 1. The highest BCUT2D eigenvalue weighted by atomic mass is 16.6. The van der Waals surface area contributed by atoms with Gasteiger partial charge >= 0.3 is 6.09 Å². The maximum absolute atomic E-state index is 13.8. The van der Waals surface area contributed by atoms with Crippen LogP contribution in [0, 0.1) is 11.8 Å². The summed E-state index contributed by atoms with van der Waals surface area (Å²) in [6.45, 7) is 9.42. The SMILES string of the molecule is CO[C@@]1(C2C=CC(c3ccccc3)=CC2)C[C@@H](C(N)=O)N(C(=O)[C@H](CC(C)C)NC(=O)OC(C)(C)C)C1. The summed E-state index contributed by atoms with van der Waals surface area (Å²) in [6.07, 6.45) is 7.04. The number of ether oxygens (including phenoxy) is 2. The molecular formula is C29H41N3O5. The van der Waals surface area contributed by atoms with Gasteiger partial charge in [0, 0.05) is 19.4 Å². The van der Waals surface area contributed by atoms with Gasteiger partial charge in [-0.1, -0.05) is 62.4 Å². The van der Waals surface area contributed by atoms with Gasteiger partial charge in [0.25, 0.3) is 0 Å². The molecule has 1 unspecified atom stereocenters. The monoisotopic (exact) mass is 511 g/mol. The van der Waals surface area contributed by atoms with Gasteiger partial charge in [-0.05, 0) is 50.7 Å². The number of amides is 3. The molecule has 1 aliphatic carbocycles. The zero-order valence-electron chi connectivity index (χ0n) is 22.8. The van der Waals surface area contributed by atoms with Gasteiger partial charge in [0.15, 0.2) is 0 Å². The van der Waals surface area contributed by atoms with Crippen LogP contribution < -0.4 is 11.1 Å². The molecule has 0 spiro atoms. The quantitative estimate of drug-likeness (QED) is 0.547. The fourth-order valence-corrected chi connectivity index (χ4v) is 5.15. The lowest BCUT2D eigenvalue weighted by atomic mass is 9.79. The second-order valence-corrected chi connectivity index (χ2v) is 11.4. The van der Waals surface area contributed by atoms with Gasteiger partial charge in [-0.2, -0.15) is 0 Å². The summed E-state index contributed by atoms with van der Waals surface area (Å²) in [5.41, 5.74) is 6.56. The van der Waals surface area contributed by atoms with Crippen molar-refractivity contribution >= 4 is 23.5 Å². The summed E-state index contributed by atoms with van der Waals surface area (Å²) in [4.78, 5) is 40.3. The largest absolute Gasteiger partial charge is 0.444 e. The molecule has 1 aliphatic heterocycles. The Morgan fingerprint density at radius 2 is 1.86 bits per heavy atom. The zero-order valence-corrected chi connectivity index (χ0v) is 22.8. The van der Waals surface area contributed by atoms with E-state index in [0.717, 1.165) is 11.1 Å². The lowest BCUT2D eigenvalue weighted by Crippen LogP contribution is -2.54. The minimum absolute atomic E-state index is 0.0491. The fraction of sp³-hybridized carbons (Fsp3) is 0.552. The first-order valence-electron chi connectivity index (χ1n) is 12.9. The summed E-state index contributed by atoms with van der Waals surface area (Å²) >= 11 is 0. The highest BCUT2D eigenvalue weighted by molar-refractivity contribution is 5.91. The Morgan fingerprint density at radius 3 is 2.38 bits per heavy atom. The van der Waals surface area contributed by atoms with E-state index < -0.39 is 35.3 Å². The van der Waals surface area contributed by atoms with Gasteiger partial charge in [-0.3, -0.25) is 9.59 Å². The molecule has 0 radical (unpaired) electrons. The van der Waals surface area contributed by atoms with E-state index in [-0.39, 0.29) is 30.7 Å². The molecule has 37 heavy (non-hydrogen) atoms. The third-order valence-electron chi connectivity index (χ3n) is 6.95. The highest BCUT2D eigenvalue weighted by Crippen LogP contribution is 2.41. The number of benzene rings is 1. The van der Waals surface area contributed by atoms with Crippen LogP contribution >= 0.6 is 0 Å². The van der Waals surface area contributed by atoms with Crippen LogP contribution in [0.25, 0.3) is 5.57 Å². The molecular weight excluding hydrogens is 470 g/mol. The van der Waals surface area contributed by atoms with E-state index in [9.17, 15) is 14.4 Å². The molecule has 0 bridgehead atoms. The third-order valence-corrected chi connectivity index (χ3v) is 6.95. The van der Waals surface area contributed by atoms with Gasteiger partial charge in [0.05, 0.1) is 12.1 Å². The van der Waals surface area contributed by atoms with Crippen molar-refractivity contribution in [3.05, 3.63) is 54.1 Å². The normalized spacial score (nSPS) is 24.5. The van der Waals surface area contributed by atoms with Crippen LogP contribution in [0.5, 0.6) is 0 Å². The van der Waals surface area contributed by atoms with Gasteiger partial charge < -0.3 is 25.4 Å². The average molecular weight is 512 g/mol. The first-order valence-corrected chi connectivity index (χ1v) is 12.9. The number of carbonyl (C=O) groups excluding carboxylic acids is 3. The summed E-state index contributed by atoms with van der Waals surface area (Å²) < 4.78 is 11.4. The van der Waals surface area contributed by atoms with Gasteiger partial charge in [0.2, 0.25) is 11.8 Å². The molecule has 3 amide bonds. The second kappa shape index (κ2) is 11.5. The number of nitrogens with two attached hydrogens (primary N) is 1. The minimum Gasteiger partial charge on any atom is -0.444 e. The molecule has 8 nitrogen and oxygen atoms in total. The van der Waals surface area contributed by atoms with Crippen molar-refractivity contribution in [1.82, 2.24) is 10.2 Å². The van der Waals surface area contributed by atoms with Crippen molar-refractivity contribution in [3.8, 4) is 0 Å². The molecule has 1 aromatic rings. The topological polar surface area (TPSA) is 111 Å². The lowest BCUT2D eigenvalue weighted by Gasteiger charge is -2.36. The molecule has 1 heterocycles. The molecule has 1 fully saturated rings. The maximum Gasteiger partial charge on any atom is 0.408 e. The van der Waals surface area contributed by atoms with Crippen molar-refractivity contribution < 1.29 is 23.9 Å². The van der Waals surface area contributed by atoms with E-state index in [0.29, 0.717) is 12.8 Å². The van der Waals surface area contributed by atoms with E-state index in [1.165, 1.54) is 4.90 Å². The molecule has 8 heteroatoms. The Balaban J connectivity index is 1.82. The van der Waals surface area contributed by atoms with Crippen molar-refractivity contribution in [2.75, 3.05) is 13.7 Å². The molecule has 1 aromatic carbocycles. The smallest absolute Gasteiger partial charge is 0.408 e. The first-order chi connectivity index (χ1) is 17.3. The van der Waals surface area contributed by atoms with Gasteiger partial charge in [-0.25, -0.2) is 4.79 Å². The number of carbonyl (C=O) groups is 3. The molecule has 2 aliphatic rings. The van der Waals surface area contributed by atoms with Gasteiger partial charge in [0.1, 0.15) is 17.7 Å². The van der Waals surface area contributed by atoms with Crippen LogP contribution in [0.1, 0.15) is 59.4 Å². The Bertz CT molecular complexity index is 1040. The Labute approximate surface area is 220 Å². The predicted molar refractivity (Wildman–Crippen MR) is 143 cm³/mol. The number of rotatable bonds is 8. The number of methoxy groups -OCH3 is 1. The molecule has 202 valence electrons. The number of likely N-dealkylation sites (tertiary alicyclic amines) is 1.